The number of hydrogen-bond donors (Lipinski definition) is 1. The van der Waals surface area contributed by atoms with Gasteiger partial charge in [-0.1, -0.05) is 23.9 Å². The van der Waals surface area contributed by atoms with Crippen LogP contribution in [0, 0.1) is 13.8 Å². The molecule has 0 saturated heterocycles. The van der Waals surface area contributed by atoms with E-state index in [0.717, 1.165) is 22.2 Å². The first-order valence-electron chi connectivity index (χ1n) is 7.70. The lowest BCUT2D eigenvalue weighted by Crippen LogP contribution is -2.09. The third-order valence-corrected chi connectivity index (χ3v) is 5.60. The van der Waals surface area contributed by atoms with Crippen molar-refractivity contribution in [3.05, 3.63) is 63.3 Å². The Kier molecular flexibility index (Phi) is 4.14. The van der Waals surface area contributed by atoms with Crippen LogP contribution >= 0.6 is 23.1 Å². The number of aromatic nitrogens is 5. The van der Waals surface area contributed by atoms with Crippen LogP contribution < -0.4 is 5.56 Å². The SMILES string of the molecule is Cc1cccc(-n2c(C)nnc2SCc2nc3ccsc3c(=O)[nH]2)c1. The van der Waals surface area contributed by atoms with Crippen molar-refractivity contribution in [1.82, 2.24) is 24.7 Å². The number of rotatable bonds is 4. The Hall–Kier alpha value is -2.45. The molecule has 1 aromatic carbocycles. The molecule has 0 aliphatic heterocycles. The lowest BCUT2D eigenvalue weighted by atomic mass is 10.2. The van der Waals surface area contributed by atoms with Crippen LogP contribution in [0.4, 0.5) is 0 Å². The summed E-state index contributed by atoms with van der Waals surface area (Å²) in [6, 6.07) is 10.1. The van der Waals surface area contributed by atoms with E-state index in [2.05, 4.69) is 39.2 Å². The summed E-state index contributed by atoms with van der Waals surface area (Å²) in [5, 5.41) is 11.1. The van der Waals surface area contributed by atoms with E-state index in [1.807, 2.05) is 35.1 Å². The summed E-state index contributed by atoms with van der Waals surface area (Å²) in [5.74, 6) is 1.98. The zero-order chi connectivity index (χ0) is 17.4. The number of benzene rings is 1. The molecular weight excluding hydrogens is 354 g/mol. The Balaban J connectivity index is 1.64. The van der Waals surface area contributed by atoms with Crippen LogP contribution in [0.3, 0.4) is 0 Å². The molecule has 0 spiro atoms. The van der Waals surface area contributed by atoms with Gasteiger partial charge in [0.2, 0.25) is 0 Å². The average Bonchev–Trinajstić information content (AvgIpc) is 3.19. The van der Waals surface area contributed by atoms with E-state index >= 15 is 0 Å². The number of fused-ring (bicyclic) bond motifs is 1. The van der Waals surface area contributed by atoms with Crippen LogP contribution in [0.1, 0.15) is 17.2 Å². The van der Waals surface area contributed by atoms with Crippen LogP contribution in [0.2, 0.25) is 0 Å². The van der Waals surface area contributed by atoms with Gasteiger partial charge in [0.05, 0.1) is 11.3 Å². The first-order chi connectivity index (χ1) is 12.1. The van der Waals surface area contributed by atoms with E-state index in [-0.39, 0.29) is 5.56 Å². The van der Waals surface area contributed by atoms with Gasteiger partial charge in [-0.3, -0.25) is 9.36 Å². The highest BCUT2D eigenvalue weighted by molar-refractivity contribution is 7.98. The van der Waals surface area contributed by atoms with Crippen molar-refractivity contribution in [3.63, 3.8) is 0 Å². The molecule has 8 heteroatoms. The molecule has 3 heterocycles. The second kappa shape index (κ2) is 6.45. The van der Waals surface area contributed by atoms with Gasteiger partial charge < -0.3 is 4.98 Å². The fourth-order valence-corrected chi connectivity index (χ4v) is 4.22. The standard InChI is InChI=1S/C17H15N5OS2/c1-10-4-3-5-12(8-10)22-11(2)20-21-17(22)25-9-14-18-13-6-7-24-15(13)16(23)19-14/h3-8H,9H2,1-2H3,(H,18,19,23). The summed E-state index contributed by atoms with van der Waals surface area (Å²) in [6.45, 7) is 3.98. The molecule has 1 N–H and O–H groups in total. The van der Waals surface area contributed by atoms with Crippen molar-refractivity contribution in [1.29, 1.82) is 0 Å². The van der Waals surface area contributed by atoms with E-state index in [9.17, 15) is 4.79 Å². The third-order valence-electron chi connectivity index (χ3n) is 3.76. The molecule has 4 aromatic rings. The normalized spacial score (nSPS) is 11.3. The van der Waals surface area contributed by atoms with E-state index in [1.165, 1.54) is 28.7 Å². The number of thioether (sulfide) groups is 1. The van der Waals surface area contributed by atoms with E-state index < -0.39 is 0 Å². The molecule has 4 rings (SSSR count). The Labute approximate surface area is 152 Å². The highest BCUT2D eigenvalue weighted by Gasteiger charge is 2.13. The van der Waals surface area contributed by atoms with Gasteiger partial charge in [0.1, 0.15) is 16.3 Å². The maximum Gasteiger partial charge on any atom is 0.268 e. The summed E-state index contributed by atoms with van der Waals surface area (Å²) in [5.41, 5.74) is 2.85. The summed E-state index contributed by atoms with van der Waals surface area (Å²) >= 11 is 2.90. The highest BCUT2D eigenvalue weighted by atomic mass is 32.2. The quantitative estimate of drug-likeness (QED) is 0.557. The summed E-state index contributed by atoms with van der Waals surface area (Å²) < 4.78 is 2.67. The zero-order valence-corrected chi connectivity index (χ0v) is 15.3. The Bertz CT molecular complexity index is 1110. The topological polar surface area (TPSA) is 76.5 Å². The van der Waals surface area contributed by atoms with Gasteiger partial charge in [-0.2, -0.15) is 0 Å². The van der Waals surface area contributed by atoms with Gasteiger partial charge >= 0.3 is 0 Å². The second-order valence-corrected chi connectivity index (χ2v) is 7.50. The van der Waals surface area contributed by atoms with Crippen molar-refractivity contribution >= 4 is 33.3 Å². The molecule has 0 unspecified atom stereocenters. The molecule has 6 nitrogen and oxygen atoms in total. The number of aromatic amines is 1. The van der Waals surface area contributed by atoms with E-state index in [4.69, 9.17) is 0 Å². The molecule has 0 amide bonds. The van der Waals surface area contributed by atoms with E-state index in [1.54, 1.807) is 0 Å². The van der Waals surface area contributed by atoms with Gasteiger partial charge in [-0.05, 0) is 43.0 Å². The smallest absolute Gasteiger partial charge is 0.268 e. The van der Waals surface area contributed by atoms with Gasteiger partial charge in [0.25, 0.3) is 5.56 Å². The number of aryl methyl sites for hydroxylation is 2. The minimum atomic E-state index is -0.0908. The molecule has 0 aliphatic carbocycles. The summed E-state index contributed by atoms with van der Waals surface area (Å²) in [7, 11) is 0. The number of nitrogens with one attached hydrogen (secondary N) is 1. The number of thiophene rings is 1. The van der Waals surface area contributed by atoms with Gasteiger partial charge in [-0.15, -0.1) is 21.5 Å². The minimum absolute atomic E-state index is 0.0908. The van der Waals surface area contributed by atoms with Crippen molar-refractivity contribution < 1.29 is 0 Å². The number of nitrogens with zero attached hydrogens (tertiary/aromatic N) is 4. The highest BCUT2D eigenvalue weighted by Crippen LogP contribution is 2.25. The van der Waals surface area contributed by atoms with E-state index in [0.29, 0.717) is 16.3 Å². The lowest BCUT2D eigenvalue weighted by molar-refractivity contribution is 0.865. The third kappa shape index (κ3) is 3.10. The second-order valence-electron chi connectivity index (χ2n) is 5.64. The van der Waals surface area contributed by atoms with Crippen LogP contribution in [-0.4, -0.2) is 24.7 Å². The molecule has 0 atom stereocenters. The van der Waals surface area contributed by atoms with Crippen LogP contribution in [0.15, 0.2) is 45.7 Å². The predicted octanol–water partition coefficient (Wildman–Crippen LogP) is 3.47. The Morgan fingerprint density at radius 2 is 2.12 bits per heavy atom. The van der Waals surface area contributed by atoms with Gasteiger partial charge in [0.15, 0.2) is 5.16 Å². The molecule has 126 valence electrons. The molecule has 25 heavy (non-hydrogen) atoms. The zero-order valence-electron chi connectivity index (χ0n) is 13.7. The first kappa shape index (κ1) is 16.0. The van der Waals surface area contributed by atoms with Crippen molar-refractivity contribution in [2.75, 3.05) is 0 Å². The van der Waals surface area contributed by atoms with Gasteiger partial charge in [-0.25, -0.2) is 4.98 Å². The molecule has 0 fully saturated rings. The maximum atomic E-state index is 12.1. The van der Waals surface area contributed by atoms with Crippen LogP contribution in [0.25, 0.3) is 15.9 Å². The van der Waals surface area contributed by atoms with Gasteiger partial charge in [0, 0.05) is 5.69 Å². The summed E-state index contributed by atoms with van der Waals surface area (Å²) in [4.78, 5) is 19.4. The Morgan fingerprint density at radius 1 is 1.24 bits per heavy atom. The minimum Gasteiger partial charge on any atom is -0.309 e. The first-order valence-corrected chi connectivity index (χ1v) is 9.56. The van der Waals surface area contributed by atoms with Crippen molar-refractivity contribution in [2.24, 2.45) is 0 Å². The largest absolute Gasteiger partial charge is 0.309 e. The van der Waals surface area contributed by atoms with Crippen molar-refractivity contribution in [2.45, 2.75) is 24.8 Å². The molecule has 0 aliphatic rings. The maximum absolute atomic E-state index is 12.1. The molecule has 0 radical (unpaired) electrons. The van der Waals surface area contributed by atoms with Crippen LogP contribution in [0.5, 0.6) is 0 Å². The molecule has 3 aromatic heterocycles. The number of hydrogen-bond acceptors (Lipinski definition) is 6. The fraction of sp³-hybridized carbons (Fsp3) is 0.176. The Morgan fingerprint density at radius 3 is 2.96 bits per heavy atom. The number of H-pyrrole nitrogens is 1. The molecule has 0 bridgehead atoms. The molecule has 0 saturated carbocycles. The summed E-state index contributed by atoms with van der Waals surface area (Å²) in [6.07, 6.45) is 0. The van der Waals surface area contributed by atoms with Crippen molar-refractivity contribution in [3.8, 4) is 5.69 Å². The fourth-order valence-electron chi connectivity index (χ4n) is 2.62. The molecular formula is C17H15N5OS2. The average molecular weight is 369 g/mol. The predicted molar refractivity (Wildman–Crippen MR) is 101 cm³/mol. The van der Waals surface area contributed by atoms with Crippen LogP contribution in [-0.2, 0) is 5.75 Å². The lowest BCUT2D eigenvalue weighted by Gasteiger charge is -2.09. The monoisotopic (exact) mass is 369 g/mol.